The molecule has 4 rings (SSSR count). The van der Waals surface area contributed by atoms with Crippen LogP contribution in [0.5, 0.6) is 5.75 Å². The van der Waals surface area contributed by atoms with Crippen LogP contribution in [0, 0.1) is 0 Å². The molecule has 2 heterocycles. The number of aliphatic hydroxyl groups excluding tert-OH is 2. The number of rotatable bonds is 6. The topological polar surface area (TPSA) is 134 Å². The Bertz CT molecular complexity index is 786. The van der Waals surface area contributed by atoms with Crippen molar-refractivity contribution < 1.29 is 34.3 Å². The van der Waals surface area contributed by atoms with Crippen LogP contribution >= 0.6 is 0 Å². The lowest BCUT2D eigenvalue weighted by molar-refractivity contribution is -0.449. The van der Waals surface area contributed by atoms with Gasteiger partial charge in [-0.3, -0.25) is 0 Å². The summed E-state index contributed by atoms with van der Waals surface area (Å²) in [5.74, 6) is -1.05. The largest absolute Gasteiger partial charge is 0.497 e. The van der Waals surface area contributed by atoms with Gasteiger partial charge in [-0.2, -0.15) is 0 Å². The van der Waals surface area contributed by atoms with Gasteiger partial charge in [-0.25, -0.2) is 0 Å². The van der Waals surface area contributed by atoms with E-state index in [0.29, 0.717) is 13.0 Å². The first-order valence-electron chi connectivity index (χ1n) is 11.1. The van der Waals surface area contributed by atoms with Crippen LogP contribution in [0.25, 0.3) is 0 Å². The summed E-state index contributed by atoms with van der Waals surface area (Å²) in [5, 5.41) is 42.6. The molecule has 0 spiro atoms. The van der Waals surface area contributed by atoms with E-state index in [1.165, 1.54) is 0 Å². The van der Waals surface area contributed by atoms with Gasteiger partial charge in [0.1, 0.15) is 24.1 Å². The first kappa shape index (κ1) is 23.8. The summed E-state index contributed by atoms with van der Waals surface area (Å²) in [6.07, 6.45) is -4.36. The molecule has 1 saturated carbocycles. The molecule has 1 aromatic carbocycles. The fourth-order valence-electron chi connectivity index (χ4n) is 5.11. The van der Waals surface area contributed by atoms with Crippen molar-refractivity contribution in [3.8, 4) is 5.75 Å². The molecule has 0 radical (unpaired) electrons. The van der Waals surface area contributed by atoms with Gasteiger partial charge in [-0.15, -0.1) is 0 Å². The molecule has 180 valence electrons. The highest BCUT2D eigenvalue weighted by Gasteiger charge is 2.63. The number of likely N-dealkylation sites (N-methyl/N-ethyl adjacent to an activating group) is 2. The number of aliphatic hydroxyl groups is 3. The van der Waals surface area contributed by atoms with E-state index in [9.17, 15) is 15.3 Å². The van der Waals surface area contributed by atoms with Crippen LogP contribution < -0.4 is 20.7 Å². The molecule has 1 aromatic rings. The van der Waals surface area contributed by atoms with Crippen molar-refractivity contribution in [1.29, 1.82) is 0 Å². The average molecular weight is 454 g/mol. The fourth-order valence-corrected chi connectivity index (χ4v) is 5.11. The van der Waals surface area contributed by atoms with Gasteiger partial charge in [0.25, 0.3) is 0 Å². The van der Waals surface area contributed by atoms with Crippen molar-refractivity contribution in [2.45, 2.75) is 80.6 Å². The SMILES string of the molecule is CN[C@@H]1[C@H](O)[C@H](NC)C2O[C@]3(O)C(OC2[C@H]1O)O[C@H](C)C[C@H]3NCc1cccc(OC)c1. The molecule has 0 bridgehead atoms. The highest BCUT2D eigenvalue weighted by molar-refractivity contribution is 5.28. The molecule has 3 aliphatic rings. The highest BCUT2D eigenvalue weighted by Crippen LogP contribution is 2.42. The predicted octanol–water partition coefficient (Wildman–Crippen LogP) is -1.33. The van der Waals surface area contributed by atoms with Crippen molar-refractivity contribution in [2.75, 3.05) is 21.2 Å². The molecule has 0 amide bonds. The Labute approximate surface area is 188 Å². The minimum atomic E-state index is -1.80. The quantitative estimate of drug-likeness (QED) is 0.308. The zero-order valence-corrected chi connectivity index (χ0v) is 18.9. The molecule has 1 aliphatic carbocycles. The van der Waals surface area contributed by atoms with Crippen molar-refractivity contribution in [1.82, 2.24) is 16.0 Å². The minimum absolute atomic E-state index is 0.199. The Balaban J connectivity index is 1.56. The summed E-state index contributed by atoms with van der Waals surface area (Å²) in [6, 6.07) is 5.99. The van der Waals surface area contributed by atoms with Crippen LogP contribution in [0.3, 0.4) is 0 Å². The fraction of sp³-hybridized carbons (Fsp3) is 0.727. The molecule has 10 nitrogen and oxygen atoms in total. The van der Waals surface area contributed by atoms with E-state index < -0.39 is 54.6 Å². The molecule has 2 saturated heterocycles. The smallest absolute Gasteiger partial charge is 0.234 e. The Morgan fingerprint density at radius 2 is 1.84 bits per heavy atom. The summed E-state index contributed by atoms with van der Waals surface area (Å²) >= 11 is 0. The molecule has 3 fully saturated rings. The third kappa shape index (κ3) is 4.15. The van der Waals surface area contributed by atoms with Gasteiger partial charge in [0.15, 0.2) is 0 Å². The third-order valence-electron chi connectivity index (χ3n) is 6.84. The zero-order chi connectivity index (χ0) is 23.0. The summed E-state index contributed by atoms with van der Waals surface area (Å²) in [7, 11) is 4.99. The standard InChI is InChI=1S/C22H35N3O7/c1-11-8-14(25-10-12-6-5-7-13(9-12)29-4)22(28)21(30-11)31-20-18(27)15(23-2)17(26)16(24-3)19(20)32-22/h5-7,9,11,14-21,23-28H,8,10H2,1-4H3/t11-,14-,15-,16+,17+,18+,19?,20?,21?,22+/m1/s1. The summed E-state index contributed by atoms with van der Waals surface area (Å²) < 4.78 is 23.5. The minimum Gasteiger partial charge on any atom is -0.497 e. The first-order valence-corrected chi connectivity index (χ1v) is 11.1. The van der Waals surface area contributed by atoms with Crippen molar-refractivity contribution in [3.63, 3.8) is 0 Å². The third-order valence-corrected chi connectivity index (χ3v) is 6.84. The zero-order valence-electron chi connectivity index (χ0n) is 18.9. The van der Waals surface area contributed by atoms with E-state index in [0.717, 1.165) is 11.3 Å². The Kier molecular flexibility index (Phi) is 7.06. The summed E-state index contributed by atoms with van der Waals surface area (Å²) in [6.45, 7) is 2.38. The predicted molar refractivity (Wildman–Crippen MR) is 115 cm³/mol. The van der Waals surface area contributed by atoms with Gasteiger partial charge >= 0.3 is 0 Å². The van der Waals surface area contributed by atoms with Crippen LogP contribution in [0.1, 0.15) is 18.9 Å². The monoisotopic (exact) mass is 453 g/mol. The van der Waals surface area contributed by atoms with E-state index in [-0.39, 0.29) is 6.10 Å². The molecule has 0 aromatic heterocycles. The van der Waals surface area contributed by atoms with Crippen LogP contribution in [-0.4, -0.2) is 97.2 Å². The number of methoxy groups -OCH3 is 1. The van der Waals surface area contributed by atoms with E-state index in [2.05, 4.69) is 16.0 Å². The van der Waals surface area contributed by atoms with E-state index in [4.69, 9.17) is 18.9 Å². The lowest BCUT2D eigenvalue weighted by Crippen LogP contribution is -2.79. The van der Waals surface area contributed by atoms with Gasteiger partial charge < -0.3 is 50.2 Å². The Hall–Kier alpha value is -1.34. The molecule has 2 aliphatic heterocycles. The van der Waals surface area contributed by atoms with Gasteiger partial charge in [0.05, 0.1) is 37.4 Å². The molecule has 32 heavy (non-hydrogen) atoms. The van der Waals surface area contributed by atoms with Crippen LogP contribution in [0.4, 0.5) is 0 Å². The summed E-state index contributed by atoms with van der Waals surface area (Å²) in [5.41, 5.74) is 0.992. The summed E-state index contributed by atoms with van der Waals surface area (Å²) in [4.78, 5) is 0. The van der Waals surface area contributed by atoms with E-state index in [1.807, 2.05) is 31.2 Å². The second-order valence-corrected chi connectivity index (χ2v) is 8.84. The Morgan fingerprint density at radius 1 is 1.09 bits per heavy atom. The molecular formula is C22H35N3O7. The van der Waals surface area contributed by atoms with Crippen LogP contribution in [-0.2, 0) is 20.8 Å². The first-order chi connectivity index (χ1) is 15.3. The number of fused-ring (bicyclic) bond motifs is 2. The van der Waals surface area contributed by atoms with Gasteiger partial charge in [0.2, 0.25) is 12.1 Å². The van der Waals surface area contributed by atoms with Crippen LogP contribution in [0.15, 0.2) is 24.3 Å². The average Bonchev–Trinajstić information content (AvgIpc) is 2.78. The highest BCUT2D eigenvalue weighted by atomic mass is 16.8. The maximum atomic E-state index is 11.6. The van der Waals surface area contributed by atoms with Gasteiger partial charge in [-0.1, -0.05) is 12.1 Å². The van der Waals surface area contributed by atoms with Gasteiger partial charge in [0, 0.05) is 6.54 Å². The molecular weight excluding hydrogens is 418 g/mol. The van der Waals surface area contributed by atoms with E-state index >= 15 is 0 Å². The van der Waals surface area contributed by atoms with Crippen molar-refractivity contribution in [2.24, 2.45) is 0 Å². The number of ether oxygens (including phenoxy) is 4. The van der Waals surface area contributed by atoms with Crippen LogP contribution in [0.2, 0.25) is 0 Å². The lowest BCUT2D eigenvalue weighted by atomic mass is 9.79. The lowest BCUT2D eigenvalue weighted by Gasteiger charge is -2.58. The maximum Gasteiger partial charge on any atom is 0.234 e. The van der Waals surface area contributed by atoms with Crippen molar-refractivity contribution >= 4 is 0 Å². The molecule has 10 atom stereocenters. The second-order valence-electron chi connectivity index (χ2n) is 8.84. The normalized spacial score (nSPS) is 43.9. The molecule has 10 heteroatoms. The number of hydrogen-bond donors (Lipinski definition) is 6. The number of benzene rings is 1. The number of nitrogens with one attached hydrogen (secondary N) is 3. The second kappa shape index (κ2) is 9.49. The van der Waals surface area contributed by atoms with Gasteiger partial charge in [-0.05, 0) is 45.1 Å². The number of hydrogen-bond acceptors (Lipinski definition) is 10. The van der Waals surface area contributed by atoms with Crippen molar-refractivity contribution in [3.05, 3.63) is 29.8 Å². The molecule has 6 N–H and O–H groups in total. The maximum absolute atomic E-state index is 11.6. The van der Waals surface area contributed by atoms with E-state index in [1.54, 1.807) is 21.2 Å². The molecule has 3 unspecified atom stereocenters. The Morgan fingerprint density at radius 3 is 2.53 bits per heavy atom.